The molecule has 1 spiro atoms. The molecule has 1 aromatic carbocycles. The Kier molecular flexibility index (Phi) is 5.49. The molecule has 0 unspecified atom stereocenters. The molecule has 1 saturated heterocycles. The number of hydrogen-bond donors (Lipinski definition) is 0. The normalized spacial score (nSPS) is 21.6. The SMILES string of the molecule is C[C@@H]1CCCC12CCN(c1ncc(-c3cccc(Cl)c3Cl)nc1C(F)F)CC2. The molecule has 2 fully saturated rings. The maximum atomic E-state index is 13.8. The zero-order chi connectivity index (χ0) is 19.9. The molecule has 3 nitrogen and oxygen atoms in total. The lowest BCUT2D eigenvalue weighted by molar-refractivity contribution is 0.143. The lowest BCUT2D eigenvalue weighted by atomic mass is 9.71. The van der Waals surface area contributed by atoms with Gasteiger partial charge in [0.1, 0.15) is 5.69 Å². The fourth-order valence-corrected chi connectivity index (χ4v) is 5.24. The van der Waals surface area contributed by atoms with Gasteiger partial charge in [-0.05, 0) is 36.7 Å². The molecule has 1 aromatic heterocycles. The number of alkyl halides is 2. The lowest BCUT2D eigenvalue weighted by Gasteiger charge is -2.43. The number of benzene rings is 1. The van der Waals surface area contributed by atoms with Crippen LogP contribution in [0.3, 0.4) is 0 Å². The molecule has 0 bridgehead atoms. The van der Waals surface area contributed by atoms with Gasteiger partial charge in [-0.25, -0.2) is 18.7 Å². The highest BCUT2D eigenvalue weighted by Crippen LogP contribution is 2.50. The Labute approximate surface area is 174 Å². The van der Waals surface area contributed by atoms with Gasteiger partial charge in [0.25, 0.3) is 6.43 Å². The summed E-state index contributed by atoms with van der Waals surface area (Å²) >= 11 is 12.3. The minimum Gasteiger partial charge on any atom is -0.355 e. The summed E-state index contributed by atoms with van der Waals surface area (Å²) in [5, 5.41) is 0.650. The van der Waals surface area contributed by atoms with E-state index in [1.54, 1.807) is 18.2 Å². The lowest BCUT2D eigenvalue weighted by Crippen LogP contribution is -2.42. The Morgan fingerprint density at radius 3 is 2.57 bits per heavy atom. The van der Waals surface area contributed by atoms with Crippen molar-refractivity contribution in [2.75, 3.05) is 18.0 Å². The van der Waals surface area contributed by atoms with E-state index in [0.29, 0.717) is 32.6 Å². The predicted molar refractivity (Wildman–Crippen MR) is 109 cm³/mol. The van der Waals surface area contributed by atoms with Gasteiger partial charge in [0.2, 0.25) is 0 Å². The molecule has 2 aliphatic rings. The zero-order valence-corrected chi connectivity index (χ0v) is 17.3. The summed E-state index contributed by atoms with van der Waals surface area (Å²) in [6, 6.07) is 5.07. The monoisotopic (exact) mass is 425 g/mol. The van der Waals surface area contributed by atoms with Crippen LogP contribution in [-0.4, -0.2) is 23.1 Å². The van der Waals surface area contributed by atoms with Crippen molar-refractivity contribution in [3.63, 3.8) is 0 Å². The Morgan fingerprint density at radius 1 is 1.18 bits per heavy atom. The molecule has 0 amide bonds. The molecule has 7 heteroatoms. The molecule has 1 saturated carbocycles. The van der Waals surface area contributed by atoms with E-state index in [1.807, 2.05) is 4.90 Å². The van der Waals surface area contributed by atoms with Crippen LogP contribution in [0.5, 0.6) is 0 Å². The average molecular weight is 426 g/mol. The van der Waals surface area contributed by atoms with E-state index in [0.717, 1.165) is 25.9 Å². The Hall–Kier alpha value is -1.46. The Morgan fingerprint density at radius 2 is 1.93 bits per heavy atom. The number of halogens is 4. The highest BCUT2D eigenvalue weighted by atomic mass is 35.5. The van der Waals surface area contributed by atoms with E-state index in [2.05, 4.69) is 16.9 Å². The maximum absolute atomic E-state index is 13.8. The van der Waals surface area contributed by atoms with Gasteiger partial charge in [0.05, 0.1) is 21.9 Å². The van der Waals surface area contributed by atoms with Crippen molar-refractivity contribution in [3.8, 4) is 11.3 Å². The molecular weight excluding hydrogens is 403 g/mol. The van der Waals surface area contributed by atoms with Crippen molar-refractivity contribution in [1.29, 1.82) is 0 Å². The van der Waals surface area contributed by atoms with E-state index in [9.17, 15) is 8.78 Å². The van der Waals surface area contributed by atoms with E-state index >= 15 is 0 Å². The Bertz CT molecular complexity index is 867. The molecule has 0 radical (unpaired) electrons. The third-order valence-corrected chi connectivity index (χ3v) is 7.45. The minimum absolute atomic E-state index is 0.288. The van der Waals surface area contributed by atoms with Gasteiger partial charge in [-0.3, -0.25) is 0 Å². The fraction of sp³-hybridized carbons (Fsp3) is 0.524. The number of hydrogen-bond acceptors (Lipinski definition) is 3. The highest BCUT2D eigenvalue weighted by Gasteiger charge is 2.43. The number of piperidine rings is 1. The van der Waals surface area contributed by atoms with Crippen LogP contribution < -0.4 is 4.90 Å². The van der Waals surface area contributed by atoms with Crippen molar-refractivity contribution in [3.05, 3.63) is 40.1 Å². The van der Waals surface area contributed by atoms with Gasteiger partial charge < -0.3 is 4.90 Å². The number of nitrogens with zero attached hydrogens (tertiary/aromatic N) is 3. The first kappa shape index (κ1) is 19.8. The van der Waals surface area contributed by atoms with Crippen LogP contribution >= 0.6 is 23.2 Å². The first-order valence-corrected chi connectivity index (χ1v) is 10.5. The van der Waals surface area contributed by atoms with Crippen molar-refractivity contribution >= 4 is 29.0 Å². The first-order valence-electron chi connectivity index (χ1n) is 9.76. The molecule has 1 atom stereocenters. The van der Waals surface area contributed by atoms with Crippen LogP contribution in [0.15, 0.2) is 24.4 Å². The van der Waals surface area contributed by atoms with Gasteiger partial charge in [0.15, 0.2) is 5.82 Å². The zero-order valence-electron chi connectivity index (χ0n) is 15.8. The second-order valence-electron chi connectivity index (χ2n) is 8.01. The molecule has 150 valence electrons. The minimum atomic E-state index is -2.71. The standard InChI is InChI=1S/C21H23Cl2F2N3/c1-13-4-3-7-21(13)8-10-28(11-9-21)20-18(19(24)25)27-16(12-26-20)14-5-2-6-15(22)17(14)23/h2,5-6,12-13,19H,3-4,7-11H2,1H3/t13-/m1/s1. The summed E-state index contributed by atoms with van der Waals surface area (Å²) in [7, 11) is 0. The summed E-state index contributed by atoms with van der Waals surface area (Å²) in [5.74, 6) is 1.00. The summed E-state index contributed by atoms with van der Waals surface area (Å²) in [5.41, 5.74) is 0.907. The Balaban J connectivity index is 1.62. The van der Waals surface area contributed by atoms with Crippen LogP contribution in [0.25, 0.3) is 11.3 Å². The fourth-order valence-electron chi connectivity index (χ4n) is 4.84. The largest absolute Gasteiger partial charge is 0.355 e. The summed E-state index contributed by atoms with van der Waals surface area (Å²) in [6.45, 7) is 3.82. The van der Waals surface area contributed by atoms with Gasteiger partial charge >= 0.3 is 0 Å². The van der Waals surface area contributed by atoms with E-state index < -0.39 is 6.43 Å². The van der Waals surface area contributed by atoms with Crippen molar-refractivity contribution in [2.45, 2.75) is 45.5 Å². The quantitative estimate of drug-likeness (QED) is 0.541. The van der Waals surface area contributed by atoms with Crippen molar-refractivity contribution in [1.82, 2.24) is 9.97 Å². The summed E-state index contributed by atoms with van der Waals surface area (Å²) < 4.78 is 27.7. The van der Waals surface area contributed by atoms with Crippen LogP contribution in [0.2, 0.25) is 10.0 Å². The second kappa shape index (κ2) is 7.75. The molecular formula is C21H23Cl2F2N3. The topological polar surface area (TPSA) is 29.0 Å². The molecule has 2 heterocycles. The third-order valence-electron chi connectivity index (χ3n) is 6.63. The smallest absolute Gasteiger partial charge is 0.284 e. The van der Waals surface area contributed by atoms with Crippen molar-refractivity contribution in [2.24, 2.45) is 11.3 Å². The predicted octanol–water partition coefficient (Wildman–Crippen LogP) is 6.79. The third kappa shape index (κ3) is 3.48. The van der Waals surface area contributed by atoms with Crippen LogP contribution in [0, 0.1) is 11.3 Å². The number of aromatic nitrogens is 2. The van der Waals surface area contributed by atoms with Crippen LogP contribution in [0.1, 0.15) is 51.1 Å². The molecule has 2 aromatic rings. The summed E-state index contributed by atoms with van der Waals surface area (Å²) in [4.78, 5) is 10.6. The molecule has 28 heavy (non-hydrogen) atoms. The summed E-state index contributed by atoms with van der Waals surface area (Å²) in [6.07, 6.45) is 4.67. The van der Waals surface area contributed by atoms with Gasteiger partial charge in [-0.15, -0.1) is 0 Å². The molecule has 4 rings (SSSR count). The molecule has 0 N–H and O–H groups in total. The molecule has 1 aliphatic carbocycles. The first-order chi connectivity index (χ1) is 13.4. The van der Waals surface area contributed by atoms with E-state index in [-0.39, 0.29) is 11.5 Å². The number of rotatable bonds is 3. The second-order valence-corrected chi connectivity index (χ2v) is 8.79. The maximum Gasteiger partial charge on any atom is 0.284 e. The highest BCUT2D eigenvalue weighted by molar-refractivity contribution is 6.43. The average Bonchev–Trinajstić information content (AvgIpc) is 3.04. The molecule has 1 aliphatic heterocycles. The van der Waals surface area contributed by atoms with Gasteiger partial charge in [-0.1, -0.05) is 55.1 Å². The van der Waals surface area contributed by atoms with Crippen LogP contribution in [-0.2, 0) is 0 Å². The van der Waals surface area contributed by atoms with Crippen LogP contribution in [0.4, 0.5) is 14.6 Å². The van der Waals surface area contributed by atoms with E-state index in [1.165, 1.54) is 25.5 Å². The van der Waals surface area contributed by atoms with Gasteiger partial charge in [0, 0.05) is 18.7 Å². The van der Waals surface area contributed by atoms with E-state index in [4.69, 9.17) is 23.2 Å². The number of anilines is 1. The van der Waals surface area contributed by atoms with Crippen molar-refractivity contribution < 1.29 is 8.78 Å². The van der Waals surface area contributed by atoms with Gasteiger partial charge in [-0.2, -0.15) is 0 Å².